The molecule has 0 saturated heterocycles. The molecule has 2 aliphatic carbocycles. The Hall–Kier alpha value is -3.16. The van der Waals surface area contributed by atoms with Crippen LogP contribution in [0.5, 0.6) is 23.0 Å². The molecule has 4 rings (SSSR count). The summed E-state index contributed by atoms with van der Waals surface area (Å²) in [5.74, 6) is 0.906. The fourth-order valence-electron chi connectivity index (χ4n) is 5.10. The Kier molecular flexibility index (Phi) is 7.34. The molecule has 184 valence electrons. The number of carbonyl (C=O) groups excluding carboxylic acids is 2. The van der Waals surface area contributed by atoms with Crippen LogP contribution in [-0.2, 0) is 0 Å². The van der Waals surface area contributed by atoms with Gasteiger partial charge in [-0.15, -0.1) is 0 Å². The summed E-state index contributed by atoms with van der Waals surface area (Å²) in [5.41, 5.74) is 0. The van der Waals surface area contributed by atoms with Crippen molar-refractivity contribution >= 4 is 23.0 Å². The zero-order chi connectivity index (χ0) is 24.2. The molecule has 2 aromatic rings. The number of amides is 2. The van der Waals surface area contributed by atoms with Crippen molar-refractivity contribution in [1.29, 1.82) is 0 Å². The Labute approximate surface area is 200 Å². The van der Waals surface area contributed by atoms with Crippen LogP contribution in [0.1, 0.15) is 51.4 Å². The van der Waals surface area contributed by atoms with E-state index in [0.717, 1.165) is 51.4 Å². The minimum Gasteiger partial charge on any atom is -0.490 e. The first-order valence-electron chi connectivity index (χ1n) is 12.0. The number of hydrogen-bond donors (Lipinski definition) is 0. The number of benzene rings is 2. The van der Waals surface area contributed by atoms with Crippen LogP contribution < -0.4 is 18.9 Å². The van der Waals surface area contributed by atoms with E-state index in [2.05, 4.69) is 0 Å². The molecule has 0 N–H and O–H groups in total. The number of ether oxygens (including phenoxy) is 4. The van der Waals surface area contributed by atoms with E-state index in [1.54, 1.807) is 23.9 Å². The standard InChI is InChI=1S/C26H34N2O6/c1-27(17-11-5-6-12-17)25(29)33-21-19-15-9-10-16-20(19)22(24(32-4)23(21)31-3)34-26(30)28(2)18-13-7-8-14-18/h9-10,15-18H,5-8,11-14H2,1-4H3. The van der Waals surface area contributed by atoms with Gasteiger partial charge in [0.25, 0.3) is 0 Å². The average Bonchev–Trinajstić information content (AvgIpc) is 3.58. The number of carbonyl (C=O) groups is 2. The van der Waals surface area contributed by atoms with E-state index < -0.39 is 12.2 Å². The largest absolute Gasteiger partial charge is 0.490 e. The number of fused-ring (bicyclic) bond motifs is 1. The first-order valence-corrected chi connectivity index (χ1v) is 12.0. The highest BCUT2D eigenvalue weighted by molar-refractivity contribution is 6.01. The topological polar surface area (TPSA) is 77.5 Å². The minimum absolute atomic E-state index is 0.165. The molecule has 0 aromatic heterocycles. The molecule has 2 fully saturated rings. The highest BCUT2D eigenvalue weighted by Crippen LogP contribution is 2.51. The lowest BCUT2D eigenvalue weighted by atomic mass is 10.1. The third-order valence-electron chi connectivity index (χ3n) is 7.14. The van der Waals surface area contributed by atoms with E-state index in [9.17, 15) is 9.59 Å². The molecule has 34 heavy (non-hydrogen) atoms. The molecule has 0 radical (unpaired) electrons. The molecule has 8 heteroatoms. The summed E-state index contributed by atoms with van der Waals surface area (Å²) in [4.78, 5) is 29.4. The van der Waals surface area contributed by atoms with Gasteiger partial charge in [-0.2, -0.15) is 0 Å². The van der Waals surface area contributed by atoms with Crippen LogP contribution in [-0.4, -0.2) is 62.4 Å². The van der Waals surface area contributed by atoms with Gasteiger partial charge in [0.1, 0.15) is 0 Å². The maximum absolute atomic E-state index is 13.0. The van der Waals surface area contributed by atoms with Crippen molar-refractivity contribution in [2.75, 3.05) is 28.3 Å². The summed E-state index contributed by atoms with van der Waals surface area (Å²) >= 11 is 0. The Morgan fingerprint density at radius 3 is 1.35 bits per heavy atom. The maximum atomic E-state index is 13.0. The first-order chi connectivity index (χ1) is 16.5. The van der Waals surface area contributed by atoms with Crippen LogP contribution in [0.4, 0.5) is 9.59 Å². The highest BCUT2D eigenvalue weighted by Gasteiger charge is 2.31. The first kappa shape index (κ1) is 24.0. The van der Waals surface area contributed by atoms with Crippen LogP contribution >= 0.6 is 0 Å². The summed E-state index contributed by atoms with van der Waals surface area (Å²) in [5, 5.41) is 1.19. The highest BCUT2D eigenvalue weighted by atomic mass is 16.6. The third-order valence-corrected chi connectivity index (χ3v) is 7.14. The second kappa shape index (κ2) is 10.4. The minimum atomic E-state index is -0.455. The molecule has 0 unspecified atom stereocenters. The summed E-state index contributed by atoms with van der Waals surface area (Å²) < 4.78 is 23.0. The fraction of sp³-hybridized carbons (Fsp3) is 0.538. The van der Waals surface area contributed by atoms with E-state index >= 15 is 0 Å². The molecular formula is C26H34N2O6. The summed E-state index contributed by atoms with van der Waals surface area (Å²) in [7, 11) is 6.47. The van der Waals surface area contributed by atoms with Crippen LogP contribution in [0.2, 0.25) is 0 Å². The third kappa shape index (κ3) is 4.58. The Balaban J connectivity index is 1.72. The molecule has 2 aliphatic rings. The normalized spacial score (nSPS) is 16.5. The molecule has 2 saturated carbocycles. The van der Waals surface area contributed by atoms with Gasteiger partial charge in [0.05, 0.1) is 14.2 Å². The van der Waals surface area contributed by atoms with Gasteiger partial charge in [-0.3, -0.25) is 0 Å². The lowest BCUT2D eigenvalue weighted by Gasteiger charge is -2.26. The summed E-state index contributed by atoms with van der Waals surface area (Å²) in [6, 6.07) is 7.63. The molecule has 0 aliphatic heterocycles. The van der Waals surface area contributed by atoms with Gasteiger partial charge < -0.3 is 28.7 Å². The smallest absolute Gasteiger partial charge is 0.415 e. The SMILES string of the molecule is COc1c(OC)c(OC(=O)N(C)C2CCCC2)c2ccccc2c1OC(=O)N(C)C1CCCC1. The van der Waals surface area contributed by atoms with E-state index in [4.69, 9.17) is 18.9 Å². The summed E-state index contributed by atoms with van der Waals surface area (Å²) in [6.45, 7) is 0. The van der Waals surface area contributed by atoms with Gasteiger partial charge in [-0.05, 0) is 25.7 Å². The second-order valence-corrected chi connectivity index (χ2v) is 9.10. The maximum Gasteiger partial charge on any atom is 0.415 e. The van der Waals surface area contributed by atoms with Crippen molar-refractivity contribution in [3.63, 3.8) is 0 Å². The van der Waals surface area contributed by atoms with Crippen molar-refractivity contribution in [3.8, 4) is 23.0 Å². The van der Waals surface area contributed by atoms with Crippen LogP contribution in [0, 0.1) is 0 Å². The van der Waals surface area contributed by atoms with Gasteiger partial charge >= 0.3 is 12.2 Å². The van der Waals surface area contributed by atoms with Crippen LogP contribution in [0.15, 0.2) is 24.3 Å². The monoisotopic (exact) mass is 470 g/mol. The quantitative estimate of drug-likeness (QED) is 0.547. The van der Waals surface area contributed by atoms with Gasteiger partial charge in [0.15, 0.2) is 11.5 Å². The van der Waals surface area contributed by atoms with Crippen molar-refractivity contribution in [2.45, 2.75) is 63.5 Å². The van der Waals surface area contributed by atoms with Crippen molar-refractivity contribution in [2.24, 2.45) is 0 Å². The van der Waals surface area contributed by atoms with Gasteiger partial charge in [0.2, 0.25) is 11.5 Å². The Morgan fingerprint density at radius 2 is 1.03 bits per heavy atom. The number of hydrogen-bond acceptors (Lipinski definition) is 6. The molecular weight excluding hydrogens is 436 g/mol. The number of rotatable bonds is 6. The van der Waals surface area contributed by atoms with Crippen LogP contribution in [0.25, 0.3) is 10.8 Å². The van der Waals surface area contributed by atoms with Crippen molar-refractivity contribution in [1.82, 2.24) is 9.80 Å². The average molecular weight is 471 g/mol. The molecule has 2 amide bonds. The Bertz CT molecular complexity index is 961. The molecule has 0 heterocycles. The van der Waals surface area contributed by atoms with Gasteiger partial charge in [0, 0.05) is 37.0 Å². The lowest BCUT2D eigenvalue weighted by Crippen LogP contribution is -2.37. The lowest BCUT2D eigenvalue weighted by molar-refractivity contribution is 0.142. The van der Waals surface area contributed by atoms with E-state index in [-0.39, 0.29) is 35.1 Å². The van der Waals surface area contributed by atoms with E-state index in [1.165, 1.54) is 14.2 Å². The zero-order valence-electron chi connectivity index (χ0n) is 20.5. The summed E-state index contributed by atoms with van der Waals surface area (Å²) in [6.07, 6.45) is 7.40. The van der Waals surface area contributed by atoms with Crippen molar-refractivity contribution < 1.29 is 28.5 Å². The second-order valence-electron chi connectivity index (χ2n) is 9.10. The molecule has 0 bridgehead atoms. The molecule has 0 spiro atoms. The van der Waals surface area contributed by atoms with Crippen LogP contribution in [0.3, 0.4) is 0 Å². The molecule has 2 aromatic carbocycles. The van der Waals surface area contributed by atoms with Crippen molar-refractivity contribution in [3.05, 3.63) is 24.3 Å². The molecule has 0 atom stereocenters. The van der Waals surface area contributed by atoms with Gasteiger partial charge in [-0.25, -0.2) is 9.59 Å². The number of methoxy groups -OCH3 is 2. The van der Waals surface area contributed by atoms with E-state index in [0.29, 0.717) is 10.8 Å². The Morgan fingerprint density at radius 1 is 0.676 bits per heavy atom. The number of nitrogens with zero attached hydrogens (tertiary/aromatic N) is 2. The zero-order valence-corrected chi connectivity index (χ0v) is 20.5. The predicted octanol–water partition coefficient (Wildman–Crippen LogP) is 5.60. The molecule has 8 nitrogen and oxygen atoms in total. The van der Waals surface area contributed by atoms with E-state index in [1.807, 2.05) is 24.3 Å². The van der Waals surface area contributed by atoms with Gasteiger partial charge in [-0.1, -0.05) is 49.9 Å². The fourth-order valence-corrected chi connectivity index (χ4v) is 5.10. The predicted molar refractivity (Wildman–Crippen MR) is 129 cm³/mol.